The van der Waals surface area contributed by atoms with Crippen LogP contribution in [0.15, 0.2) is 24.4 Å². The summed E-state index contributed by atoms with van der Waals surface area (Å²) >= 11 is 0. The third-order valence-electron chi connectivity index (χ3n) is 5.56. The van der Waals surface area contributed by atoms with E-state index in [1.165, 1.54) is 0 Å². The zero-order valence-corrected chi connectivity index (χ0v) is 14.0. The maximum absolute atomic E-state index is 13.0. The van der Waals surface area contributed by atoms with Gasteiger partial charge >= 0.3 is 0 Å². The summed E-state index contributed by atoms with van der Waals surface area (Å²) in [5, 5.41) is 0. The van der Waals surface area contributed by atoms with Crippen molar-refractivity contribution >= 4 is 5.91 Å². The smallest absolute Gasteiger partial charge is 0.249 e. The monoisotopic (exact) mass is 352 g/mol. The number of aromatic nitrogens is 1. The van der Waals surface area contributed by atoms with Gasteiger partial charge < -0.3 is 14.4 Å². The predicted octanol–water partition coefficient (Wildman–Crippen LogP) is 2.26. The number of rotatable bonds is 5. The first-order chi connectivity index (χ1) is 12.0. The second kappa shape index (κ2) is 6.29. The number of alkyl halides is 2. The van der Waals surface area contributed by atoms with Crippen LogP contribution in [-0.2, 0) is 20.9 Å². The molecule has 3 fully saturated rings. The minimum Gasteiger partial charge on any atom is -0.375 e. The largest absolute Gasteiger partial charge is 0.375 e. The Hall–Kier alpha value is -1.60. The summed E-state index contributed by atoms with van der Waals surface area (Å²) < 4.78 is 37.6. The Morgan fingerprint density at radius 1 is 1.36 bits per heavy atom. The highest BCUT2D eigenvalue weighted by Crippen LogP contribution is 2.46. The Bertz CT molecular complexity index is 626. The number of likely N-dealkylation sites (tertiary alicyclic amines) is 1. The van der Waals surface area contributed by atoms with E-state index in [-0.39, 0.29) is 30.3 Å². The molecule has 2 aliphatic heterocycles. The van der Waals surface area contributed by atoms with Gasteiger partial charge in [-0.15, -0.1) is 0 Å². The van der Waals surface area contributed by atoms with Crippen LogP contribution in [0.25, 0.3) is 0 Å². The third-order valence-corrected chi connectivity index (χ3v) is 5.56. The molecular formula is C18H22F2N2O3. The second-order valence-corrected chi connectivity index (χ2v) is 7.39. The van der Waals surface area contributed by atoms with E-state index in [0.717, 1.165) is 12.1 Å². The summed E-state index contributed by atoms with van der Waals surface area (Å²) in [6, 6.07) is 5.70. The number of nitrogens with zero attached hydrogens (tertiary/aromatic N) is 2. The first kappa shape index (κ1) is 16.8. The van der Waals surface area contributed by atoms with Crippen molar-refractivity contribution in [1.29, 1.82) is 0 Å². The van der Waals surface area contributed by atoms with E-state index in [9.17, 15) is 13.6 Å². The van der Waals surface area contributed by atoms with E-state index in [1.54, 1.807) is 11.1 Å². The van der Waals surface area contributed by atoms with Crippen molar-refractivity contribution in [3.05, 3.63) is 30.1 Å². The highest BCUT2D eigenvalue weighted by atomic mass is 19.3. The number of halogens is 2. The van der Waals surface area contributed by atoms with Crippen LogP contribution in [0.2, 0.25) is 0 Å². The molecule has 1 atom stereocenters. The summed E-state index contributed by atoms with van der Waals surface area (Å²) in [5.74, 6) is -3.11. The first-order valence-corrected chi connectivity index (χ1v) is 8.76. The lowest BCUT2D eigenvalue weighted by Crippen LogP contribution is -2.68. The zero-order chi connectivity index (χ0) is 17.5. The van der Waals surface area contributed by atoms with Crippen LogP contribution in [-0.4, -0.2) is 53.6 Å². The van der Waals surface area contributed by atoms with Gasteiger partial charge in [-0.05, 0) is 18.6 Å². The Kier molecular flexibility index (Phi) is 4.24. The molecular weight excluding hydrogens is 330 g/mol. The average Bonchev–Trinajstić information content (AvgIpc) is 2.95. The molecule has 1 saturated carbocycles. The fourth-order valence-electron chi connectivity index (χ4n) is 4.01. The lowest BCUT2D eigenvalue weighted by molar-refractivity contribution is -0.187. The summed E-state index contributed by atoms with van der Waals surface area (Å²) in [6.07, 6.45) is 2.00. The maximum atomic E-state index is 13.0. The van der Waals surface area contributed by atoms with Crippen LogP contribution in [0.3, 0.4) is 0 Å². The SMILES string of the molecule is O=C(C1CC(F)(F)C1)N1CC2(C1)OCC[C@@H]2COCc1ccccn1. The normalized spacial score (nSPS) is 27.1. The molecule has 1 aliphatic carbocycles. The molecule has 1 amide bonds. The Labute approximate surface area is 145 Å². The quantitative estimate of drug-likeness (QED) is 0.816. The number of amides is 1. The molecule has 136 valence electrons. The van der Waals surface area contributed by atoms with E-state index in [0.29, 0.717) is 32.9 Å². The number of hydrogen-bond acceptors (Lipinski definition) is 4. The van der Waals surface area contributed by atoms with Gasteiger partial charge in [0.05, 0.1) is 32.0 Å². The predicted molar refractivity (Wildman–Crippen MR) is 84.9 cm³/mol. The minimum absolute atomic E-state index is 0.153. The van der Waals surface area contributed by atoms with Crippen LogP contribution in [0.4, 0.5) is 8.78 Å². The van der Waals surface area contributed by atoms with Crippen LogP contribution >= 0.6 is 0 Å². The van der Waals surface area contributed by atoms with Gasteiger partial charge in [-0.25, -0.2) is 8.78 Å². The summed E-state index contributed by atoms with van der Waals surface area (Å²) in [5.41, 5.74) is 0.526. The second-order valence-electron chi connectivity index (χ2n) is 7.39. The van der Waals surface area contributed by atoms with Gasteiger partial charge in [0.25, 0.3) is 0 Å². The van der Waals surface area contributed by atoms with E-state index in [4.69, 9.17) is 9.47 Å². The Morgan fingerprint density at radius 3 is 2.84 bits per heavy atom. The van der Waals surface area contributed by atoms with Crippen molar-refractivity contribution in [3.63, 3.8) is 0 Å². The van der Waals surface area contributed by atoms with E-state index >= 15 is 0 Å². The molecule has 4 rings (SSSR count). The van der Waals surface area contributed by atoms with E-state index < -0.39 is 11.8 Å². The Balaban J connectivity index is 1.26. The highest BCUT2D eigenvalue weighted by molar-refractivity contribution is 5.81. The zero-order valence-electron chi connectivity index (χ0n) is 14.0. The Morgan fingerprint density at radius 2 is 2.16 bits per heavy atom. The summed E-state index contributed by atoms with van der Waals surface area (Å²) in [6.45, 7) is 2.64. The summed E-state index contributed by atoms with van der Waals surface area (Å²) in [4.78, 5) is 18.1. The van der Waals surface area contributed by atoms with Crippen LogP contribution in [0, 0.1) is 11.8 Å². The van der Waals surface area contributed by atoms with Gasteiger partial charge in [0.15, 0.2) is 0 Å². The average molecular weight is 352 g/mol. The molecule has 7 heteroatoms. The first-order valence-electron chi connectivity index (χ1n) is 8.76. The fourth-order valence-corrected chi connectivity index (χ4v) is 4.01. The van der Waals surface area contributed by atoms with Crippen LogP contribution in [0.1, 0.15) is 25.0 Å². The van der Waals surface area contributed by atoms with Crippen molar-refractivity contribution in [2.75, 3.05) is 26.3 Å². The molecule has 0 radical (unpaired) electrons. The lowest BCUT2D eigenvalue weighted by atomic mass is 9.76. The topological polar surface area (TPSA) is 51.7 Å². The molecule has 0 aromatic carbocycles. The molecule has 3 aliphatic rings. The fraction of sp³-hybridized carbons (Fsp3) is 0.667. The number of ether oxygens (including phenoxy) is 2. The number of carbonyl (C=O) groups excluding carboxylic acids is 1. The van der Waals surface area contributed by atoms with Gasteiger partial charge in [-0.2, -0.15) is 0 Å². The molecule has 1 aromatic rings. The molecule has 0 unspecified atom stereocenters. The molecule has 1 aromatic heterocycles. The molecule has 2 saturated heterocycles. The van der Waals surface area contributed by atoms with Crippen LogP contribution in [0.5, 0.6) is 0 Å². The molecule has 0 bridgehead atoms. The highest BCUT2D eigenvalue weighted by Gasteiger charge is 2.57. The number of carbonyl (C=O) groups is 1. The van der Waals surface area contributed by atoms with Gasteiger partial charge in [0, 0.05) is 37.5 Å². The molecule has 1 spiro atoms. The van der Waals surface area contributed by atoms with Crippen molar-refractivity contribution < 1.29 is 23.0 Å². The van der Waals surface area contributed by atoms with Gasteiger partial charge in [-0.1, -0.05) is 6.07 Å². The van der Waals surface area contributed by atoms with Crippen molar-refractivity contribution in [2.24, 2.45) is 11.8 Å². The third kappa shape index (κ3) is 3.27. The van der Waals surface area contributed by atoms with Gasteiger partial charge in [0.1, 0.15) is 5.60 Å². The van der Waals surface area contributed by atoms with E-state index in [2.05, 4.69) is 4.98 Å². The standard InChI is InChI=1S/C18H22F2N2O3/c19-18(20)7-13(8-18)16(23)22-11-17(12-22)14(4-6-25-17)9-24-10-15-3-1-2-5-21-15/h1-3,5,13-14H,4,6-12H2/t14-/m1/s1. The molecule has 0 N–H and O–H groups in total. The van der Waals surface area contributed by atoms with Gasteiger partial charge in [-0.3, -0.25) is 9.78 Å². The molecule has 25 heavy (non-hydrogen) atoms. The van der Waals surface area contributed by atoms with Crippen molar-refractivity contribution in [3.8, 4) is 0 Å². The molecule has 5 nitrogen and oxygen atoms in total. The van der Waals surface area contributed by atoms with Crippen molar-refractivity contribution in [1.82, 2.24) is 9.88 Å². The maximum Gasteiger partial charge on any atom is 0.249 e. The minimum atomic E-state index is -2.66. The van der Waals surface area contributed by atoms with Crippen molar-refractivity contribution in [2.45, 2.75) is 37.4 Å². The van der Waals surface area contributed by atoms with Crippen LogP contribution < -0.4 is 0 Å². The number of pyridine rings is 1. The van der Waals surface area contributed by atoms with E-state index in [1.807, 2.05) is 18.2 Å². The summed E-state index contributed by atoms with van der Waals surface area (Å²) in [7, 11) is 0. The molecule has 3 heterocycles. The lowest BCUT2D eigenvalue weighted by Gasteiger charge is -2.52. The van der Waals surface area contributed by atoms with Gasteiger partial charge in [0.2, 0.25) is 11.8 Å². The number of hydrogen-bond donors (Lipinski definition) is 0.